The van der Waals surface area contributed by atoms with Gasteiger partial charge in [0, 0.05) is 38.1 Å². The zero-order valence-electron chi connectivity index (χ0n) is 17.7. The van der Waals surface area contributed by atoms with Gasteiger partial charge in [-0.05, 0) is 41.1 Å². The van der Waals surface area contributed by atoms with Crippen LogP contribution >= 0.6 is 0 Å². The number of rotatable bonds is 5. The maximum absolute atomic E-state index is 11.8. The zero-order chi connectivity index (χ0) is 22.1. The first-order chi connectivity index (χ1) is 15.6. The molecular formula is C25H21N5O2. The lowest BCUT2D eigenvalue weighted by atomic mass is 10.1. The first kappa shape index (κ1) is 19.6. The number of pyridine rings is 1. The van der Waals surface area contributed by atoms with Crippen LogP contribution in [-0.2, 0) is 7.05 Å². The van der Waals surface area contributed by atoms with Gasteiger partial charge in [0.25, 0.3) is 5.91 Å². The molecule has 1 amide bonds. The minimum Gasteiger partial charge on any atom is -0.457 e. The highest BCUT2D eigenvalue weighted by atomic mass is 16.5. The topological polar surface area (TPSA) is 81.1 Å². The molecule has 2 aromatic heterocycles. The van der Waals surface area contributed by atoms with Crippen LogP contribution in [0.3, 0.4) is 0 Å². The van der Waals surface area contributed by atoms with E-state index in [1.165, 1.54) is 10.8 Å². The molecule has 32 heavy (non-hydrogen) atoms. The molecule has 5 aromatic rings. The van der Waals surface area contributed by atoms with Crippen LogP contribution in [0, 0.1) is 0 Å². The van der Waals surface area contributed by atoms with Crippen LogP contribution in [0.15, 0.2) is 79.0 Å². The van der Waals surface area contributed by atoms with Gasteiger partial charge < -0.3 is 19.9 Å². The molecule has 0 aliphatic heterocycles. The second-order valence-electron chi connectivity index (χ2n) is 7.39. The van der Waals surface area contributed by atoms with Gasteiger partial charge in [0.15, 0.2) is 0 Å². The number of carbonyl (C=O) groups is 1. The van der Waals surface area contributed by atoms with Crippen molar-refractivity contribution in [1.29, 1.82) is 0 Å². The van der Waals surface area contributed by atoms with Crippen LogP contribution in [0.2, 0.25) is 0 Å². The standard InChI is InChI=1S/C25H21N5O2/c1-26-24(31)22-15-20(11-12-27-22)32-19-9-10-23-21(14-19)29-25(30(23)2)28-18-8-7-16-5-3-4-6-17(16)13-18/h3-15H,1-2H3,(H,26,31)(H,28,29). The number of hydrogen-bond acceptors (Lipinski definition) is 5. The third kappa shape index (κ3) is 3.72. The van der Waals surface area contributed by atoms with Crippen LogP contribution in [-0.4, -0.2) is 27.5 Å². The quantitative estimate of drug-likeness (QED) is 0.415. The zero-order valence-corrected chi connectivity index (χ0v) is 17.7. The number of amides is 1. The predicted octanol–water partition coefficient (Wildman–Crippen LogP) is 5.02. The Morgan fingerprint density at radius 2 is 1.75 bits per heavy atom. The summed E-state index contributed by atoms with van der Waals surface area (Å²) < 4.78 is 7.95. The van der Waals surface area contributed by atoms with Crippen molar-refractivity contribution < 1.29 is 9.53 Å². The molecule has 0 radical (unpaired) electrons. The number of benzene rings is 3. The Morgan fingerprint density at radius 1 is 0.938 bits per heavy atom. The van der Waals surface area contributed by atoms with E-state index in [0.717, 1.165) is 22.7 Å². The molecule has 0 fully saturated rings. The van der Waals surface area contributed by atoms with E-state index in [1.807, 2.05) is 48.0 Å². The van der Waals surface area contributed by atoms with Gasteiger partial charge in [-0.3, -0.25) is 9.78 Å². The summed E-state index contributed by atoms with van der Waals surface area (Å²) >= 11 is 0. The Hall–Kier alpha value is -4.39. The number of hydrogen-bond donors (Lipinski definition) is 2. The number of aromatic nitrogens is 3. The van der Waals surface area contributed by atoms with Gasteiger partial charge in [0.1, 0.15) is 17.2 Å². The molecule has 0 bridgehead atoms. The first-order valence-electron chi connectivity index (χ1n) is 10.2. The van der Waals surface area contributed by atoms with Crippen molar-refractivity contribution in [2.24, 2.45) is 7.05 Å². The molecule has 0 unspecified atom stereocenters. The fourth-order valence-corrected chi connectivity index (χ4v) is 3.61. The highest BCUT2D eigenvalue weighted by Crippen LogP contribution is 2.29. The summed E-state index contributed by atoms with van der Waals surface area (Å²) in [5, 5.41) is 8.33. The Bertz CT molecular complexity index is 1460. The number of anilines is 2. The minimum atomic E-state index is -0.264. The van der Waals surface area contributed by atoms with Crippen LogP contribution in [0.5, 0.6) is 11.5 Å². The number of carbonyl (C=O) groups excluding carboxylic acids is 1. The first-order valence-corrected chi connectivity index (χ1v) is 10.2. The van der Waals surface area contributed by atoms with Gasteiger partial charge in [-0.1, -0.05) is 30.3 Å². The molecule has 3 aromatic carbocycles. The summed E-state index contributed by atoms with van der Waals surface area (Å²) in [6.07, 6.45) is 1.55. The highest BCUT2D eigenvalue weighted by Gasteiger charge is 2.11. The molecule has 0 saturated carbocycles. The molecule has 5 rings (SSSR count). The number of fused-ring (bicyclic) bond motifs is 2. The minimum absolute atomic E-state index is 0.264. The molecule has 2 N–H and O–H groups in total. The Labute approximate surface area is 184 Å². The highest BCUT2D eigenvalue weighted by molar-refractivity contribution is 5.92. The Balaban J connectivity index is 1.42. The fraction of sp³-hybridized carbons (Fsp3) is 0.0800. The van der Waals surface area contributed by atoms with Crippen LogP contribution in [0.25, 0.3) is 21.8 Å². The average molecular weight is 423 g/mol. The molecule has 0 aliphatic carbocycles. The Morgan fingerprint density at radius 3 is 2.59 bits per heavy atom. The molecule has 0 spiro atoms. The van der Waals surface area contributed by atoms with Crippen molar-refractivity contribution >= 4 is 39.3 Å². The van der Waals surface area contributed by atoms with Crippen molar-refractivity contribution in [3.63, 3.8) is 0 Å². The summed E-state index contributed by atoms with van der Waals surface area (Å²) in [6, 6.07) is 23.5. The Kier molecular flexibility index (Phi) is 4.91. The number of nitrogens with one attached hydrogen (secondary N) is 2. The lowest BCUT2D eigenvalue weighted by Crippen LogP contribution is -2.18. The van der Waals surface area contributed by atoms with Crippen molar-refractivity contribution in [2.75, 3.05) is 12.4 Å². The maximum atomic E-state index is 11.8. The summed E-state index contributed by atoms with van der Waals surface area (Å²) in [5.74, 6) is 1.63. The monoisotopic (exact) mass is 423 g/mol. The normalized spacial score (nSPS) is 10.9. The van der Waals surface area contributed by atoms with Crippen LogP contribution < -0.4 is 15.4 Å². The number of ether oxygens (including phenoxy) is 1. The fourth-order valence-electron chi connectivity index (χ4n) is 3.61. The average Bonchev–Trinajstić information content (AvgIpc) is 3.13. The number of imidazole rings is 1. The smallest absolute Gasteiger partial charge is 0.269 e. The van der Waals surface area contributed by atoms with E-state index in [2.05, 4.69) is 39.9 Å². The van der Waals surface area contributed by atoms with Gasteiger partial charge in [0.05, 0.1) is 11.0 Å². The second kappa shape index (κ2) is 8.03. The largest absolute Gasteiger partial charge is 0.457 e. The third-order valence-corrected chi connectivity index (χ3v) is 5.28. The molecule has 0 saturated heterocycles. The van der Waals surface area contributed by atoms with E-state index < -0.39 is 0 Å². The molecule has 7 nitrogen and oxygen atoms in total. The van der Waals surface area contributed by atoms with Gasteiger partial charge >= 0.3 is 0 Å². The molecule has 158 valence electrons. The molecule has 0 aliphatic rings. The van der Waals surface area contributed by atoms with E-state index in [4.69, 9.17) is 9.72 Å². The molecular weight excluding hydrogens is 402 g/mol. The van der Waals surface area contributed by atoms with Crippen LogP contribution in [0.1, 0.15) is 10.5 Å². The van der Waals surface area contributed by atoms with E-state index >= 15 is 0 Å². The SMILES string of the molecule is CNC(=O)c1cc(Oc2ccc3c(c2)nc(Nc2ccc4ccccc4c2)n3C)ccn1. The number of aryl methyl sites for hydroxylation is 1. The van der Waals surface area contributed by atoms with E-state index in [9.17, 15) is 4.79 Å². The molecule has 0 atom stereocenters. The van der Waals surface area contributed by atoms with Gasteiger partial charge in [-0.25, -0.2) is 4.98 Å². The van der Waals surface area contributed by atoms with Gasteiger partial charge in [0.2, 0.25) is 5.95 Å². The number of nitrogens with zero attached hydrogens (tertiary/aromatic N) is 3. The summed E-state index contributed by atoms with van der Waals surface area (Å²) in [7, 11) is 3.54. The third-order valence-electron chi connectivity index (χ3n) is 5.28. The van der Waals surface area contributed by atoms with Crippen molar-refractivity contribution in [2.45, 2.75) is 0 Å². The van der Waals surface area contributed by atoms with Crippen molar-refractivity contribution in [3.05, 3.63) is 84.7 Å². The lowest BCUT2D eigenvalue weighted by molar-refractivity contribution is 0.0958. The van der Waals surface area contributed by atoms with Crippen molar-refractivity contribution in [3.8, 4) is 11.5 Å². The second-order valence-corrected chi connectivity index (χ2v) is 7.39. The molecule has 2 heterocycles. The lowest BCUT2D eigenvalue weighted by Gasteiger charge is -2.08. The summed E-state index contributed by atoms with van der Waals surface area (Å²) in [5.41, 5.74) is 3.04. The summed E-state index contributed by atoms with van der Waals surface area (Å²) in [4.78, 5) is 20.6. The van der Waals surface area contributed by atoms with Gasteiger partial charge in [-0.15, -0.1) is 0 Å². The molecule has 7 heteroatoms. The maximum Gasteiger partial charge on any atom is 0.269 e. The van der Waals surface area contributed by atoms with E-state index in [0.29, 0.717) is 17.2 Å². The van der Waals surface area contributed by atoms with E-state index in [-0.39, 0.29) is 5.91 Å². The predicted molar refractivity (Wildman–Crippen MR) is 126 cm³/mol. The summed E-state index contributed by atoms with van der Waals surface area (Å²) in [6.45, 7) is 0. The van der Waals surface area contributed by atoms with E-state index in [1.54, 1.807) is 25.4 Å². The van der Waals surface area contributed by atoms with Crippen molar-refractivity contribution in [1.82, 2.24) is 19.9 Å². The van der Waals surface area contributed by atoms with Crippen LogP contribution in [0.4, 0.5) is 11.6 Å². The van der Waals surface area contributed by atoms with Gasteiger partial charge in [-0.2, -0.15) is 0 Å².